The number of piperidine rings is 1. The third kappa shape index (κ3) is 8.29. The van der Waals surface area contributed by atoms with Gasteiger partial charge in [-0.2, -0.15) is 0 Å². The molecule has 1 atom stereocenters. The van der Waals surface area contributed by atoms with Crippen molar-refractivity contribution in [1.29, 1.82) is 0 Å². The van der Waals surface area contributed by atoms with Gasteiger partial charge < -0.3 is 24.5 Å². The lowest BCUT2D eigenvalue weighted by molar-refractivity contribution is -0.127. The van der Waals surface area contributed by atoms with Crippen LogP contribution in [0.2, 0.25) is 0 Å². The van der Waals surface area contributed by atoms with Crippen molar-refractivity contribution in [2.24, 2.45) is 4.99 Å². The topological polar surface area (TPSA) is 104 Å². The van der Waals surface area contributed by atoms with Gasteiger partial charge in [0.15, 0.2) is 5.96 Å². The second-order valence-corrected chi connectivity index (χ2v) is 8.18. The van der Waals surface area contributed by atoms with Crippen molar-refractivity contribution >= 4 is 35.8 Å². The van der Waals surface area contributed by atoms with Crippen LogP contribution in [0.4, 0.5) is 0 Å². The summed E-state index contributed by atoms with van der Waals surface area (Å²) in [5, 5.41) is 14.9. The molecule has 2 aromatic rings. The first-order chi connectivity index (χ1) is 15.6. The Hall–Kier alpha value is -2.15. The summed E-state index contributed by atoms with van der Waals surface area (Å²) in [4.78, 5) is 20.6. The lowest BCUT2D eigenvalue weighted by Gasteiger charge is -2.33. The second kappa shape index (κ2) is 14.2. The van der Waals surface area contributed by atoms with Gasteiger partial charge in [0.25, 0.3) is 0 Å². The van der Waals surface area contributed by atoms with Crippen LogP contribution < -0.4 is 10.6 Å². The van der Waals surface area contributed by atoms with E-state index in [9.17, 15) is 4.79 Å². The number of likely N-dealkylation sites (N-methyl/N-ethyl adjacent to an activating group) is 1. The number of aromatic nitrogens is 3. The summed E-state index contributed by atoms with van der Waals surface area (Å²) >= 11 is 0. The molecule has 1 aliphatic heterocycles. The predicted molar refractivity (Wildman–Crippen MR) is 139 cm³/mol. The molecular formula is C22H37IN8O2. The number of aliphatic imine (C=N–C) groups is 1. The third-order valence-corrected chi connectivity index (χ3v) is 5.69. The van der Waals surface area contributed by atoms with E-state index in [2.05, 4.69) is 37.6 Å². The van der Waals surface area contributed by atoms with Crippen LogP contribution in [-0.2, 0) is 17.8 Å². The van der Waals surface area contributed by atoms with Crippen LogP contribution >= 0.6 is 24.0 Å². The quantitative estimate of drug-likeness (QED) is 0.255. The Morgan fingerprint density at radius 3 is 2.73 bits per heavy atom. The van der Waals surface area contributed by atoms with Crippen LogP contribution in [-0.4, -0.2) is 83.3 Å². The zero-order valence-electron chi connectivity index (χ0n) is 19.9. The normalized spacial score (nSPS) is 15.5. The highest BCUT2D eigenvalue weighted by atomic mass is 127. The molecule has 1 saturated heterocycles. The van der Waals surface area contributed by atoms with Gasteiger partial charge in [-0.05, 0) is 38.1 Å². The first-order valence-corrected chi connectivity index (χ1v) is 11.4. The molecule has 0 saturated carbocycles. The second-order valence-electron chi connectivity index (χ2n) is 8.18. The lowest BCUT2D eigenvalue weighted by Crippen LogP contribution is -2.45. The first kappa shape index (κ1) is 27.1. The van der Waals surface area contributed by atoms with Gasteiger partial charge in [-0.3, -0.25) is 9.69 Å². The van der Waals surface area contributed by atoms with Crippen molar-refractivity contribution in [1.82, 2.24) is 35.2 Å². The number of rotatable bonds is 10. The van der Waals surface area contributed by atoms with E-state index in [1.165, 1.54) is 19.3 Å². The molecule has 2 aromatic heterocycles. The van der Waals surface area contributed by atoms with Gasteiger partial charge in [-0.1, -0.05) is 13.3 Å². The zero-order valence-corrected chi connectivity index (χ0v) is 22.2. The minimum absolute atomic E-state index is 0. The third-order valence-electron chi connectivity index (χ3n) is 5.69. The molecule has 33 heavy (non-hydrogen) atoms. The van der Waals surface area contributed by atoms with E-state index < -0.39 is 0 Å². The molecule has 1 unspecified atom stereocenters. The van der Waals surface area contributed by atoms with Crippen molar-refractivity contribution < 1.29 is 9.21 Å². The SMILES string of the molecule is CCc1nncn1CCNC(=NCC(=O)N(C)C)NCC(c1ccco1)N1CCCCC1.I. The molecule has 1 aliphatic rings. The van der Waals surface area contributed by atoms with Crippen molar-refractivity contribution in [2.45, 2.75) is 45.2 Å². The lowest BCUT2D eigenvalue weighted by atomic mass is 10.1. The molecule has 0 aliphatic carbocycles. The molecule has 0 spiro atoms. The van der Waals surface area contributed by atoms with Gasteiger partial charge in [-0.25, -0.2) is 4.99 Å². The van der Waals surface area contributed by atoms with E-state index >= 15 is 0 Å². The van der Waals surface area contributed by atoms with E-state index in [1.54, 1.807) is 31.6 Å². The average Bonchev–Trinajstić information content (AvgIpc) is 3.49. The number of guanidine groups is 1. The Morgan fingerprint density at radius 1 is 1.27 bits per heavy atom. The standard InChI is InChI=1S/C22H36N8O2.HI/c1-4-20-27-26-17-30(20)13-10-23-22(25-16-21(31)28(2)3)24-15-18(19-9-8-14-32-19)29-11-6-5-7-12-29;/h8-9,14,17-18H,4-7,10-13,15-16H2,1-3H3,(H2,23,24,25);1H. The minimum atomic E-state index is -0.0446. The maximum absolute atomic E-state index is 12.1. The van der Waals surface area contributed by atoms with Crippen LogP contribution in [0.25, 0.3) is 0 Å². The van der Waals surface area contributed by atoms with Crippen LogP contribution in [0.5, 0.6) is 0 Å². The summed E-state index contributed by atoms with van der Waals surface area (Å²) in [6, 6.07) is 4.07. The van der Waals surface area contributed by atoms with Gasteiger partial charge in [-0.15, -0.1) is 34.2 Å². The Bertz CT molecular complexity index is 846. The predicted octanol–water partition coefficient (Wildman–Crippen LogP) is 1.90. The van der Waals surface area contributed by atoms with Crippen molar-refractivity contribution in [2.75, 3.05) is 46.8 Å². The van der Waals surface area contributed by atoms with Crippen molar-refractivity contribution in [3.8, 4) is 0 Å². The molecule has 2 N–H and O–H groups in total. The molecule has 1 amide bonds. The largest absolute Gasteiger partial charge is 0.468 e. The summed E-state index contributed by atoms with van der Waals surface area (Å²) < 4.78 is 7.77. The van der Waals surface area contributed by atoms with Crippen LogP contribution in [0, 0.1) is 0 Å². The number of carbonyl (C=O) groups is 1. The molecule has 0 bridgehead atoms. The fraction of sp³-hybridized carbons (Fsp3) is 0.636. The highest BCUT2D eigenvalue weighted by Gasteiger charge is 2.24. The summed E-state index contributed by atoms with van der Waals surface area (Å²) in [6.07, 6.45) is 7.97. The van der Waals surface area contributed by atoms with E-state index in [4.69, 9.17) is 4.42 Å². The Kier molecular flexibility index (Phi) is 11.6. The Labute approximate surface area is 213 Å². The van der Waals surface area contributed by atoms with E-state index in [0.717, 1.165) is 31.1 Å². The number of nitrogens with zero attached hydrogens (tertiary/aromatic N) is 6. The van der Waals surface area contributed by atoms with Crippen molar-refractivity contribution in [3.63, 3.8) is 0 Å². The summed E-state index contributed by atoms with van der Waals surface area (Å²) in [5.41, 5.74) is 0. The number of hydrogen-bond donors (Lipinski definition) is 2. The monoisotopic (exact) mass is 572 g/mol. The van der Waals surface area contributed by atoms with Crippen LogP contribution in [0.15, 0.2) is 34.1 Å². The number of aryl methyl sites for hydroxylation is 1. The van der Waals surface area contributed by atoms with E-state index in [-0.39, 0.29) is 42.5 Å². The smallest absolute Gasteiger partial charge is 0.243 e. The maximum Gasteiger partial charge on any atom is 0.243 e. The molecular weight excluding hydrogens is 535 g/mol. The average molecular weight is 572 g/mol. The van der Waals surface area contributed by atoms with Gasteiger partial charge in [0.05, 0.1) is 12.3 Å². The highest BCUT2D eigenvalue weighted by molar-refractivity contribution is 14.0. The molecule has 0 radical (unpaired) electrons. The molecule has 11 heteroatoms. The number of carbonyl (C=O) groups excluding carboxylic acids is 1. The minimum Gasteiger partial charge on any atom is -0.468 e. The van der Waals surface area contributed by atoms with E-state index in [1.807, 2.05) is 16.7 Å². The summed E-state index contributed by atoms with van der Waals surface area (Å²) in [5.74, 6) is 2.46. The summed E-state index contributed by atoms with van der Waals surface area (Å²) in [7, 11) is 3.47. The number of likely N-dealkylation sites (tertiary alicyclic amines) is 1. The van der Waals surface area contributed by atoms with Gasteiger partial charge in [0.2, 0.25) is 5.91 Å². The number of hydrogen-bond acceptors (Lipinski definition) is 6. The number of halogens is 1. The van der Waals surface area contributed by atoms with Crippen LogP contribution in [0.3, 0.4) is 0 Å². The Morgan fingerprint density at radius 2 is 2.06 bits per heavy atom. The van der Waals surface area contributed by atoms with Gasteiger partial charge in [0, 0.05) is 40.2 Å². The molecule has 3 heterocycles. The molecule has 1 fully saturated rings. The summed E-state index contributed by atoms with van der Waals surface area (Å²) in [6.45, 7) is 6.25. The fourth-order valence-electron chi connectivity index (χ4n) is 3.81. The van der Waals surface area contributed by atoms with E-state index in [0.29, 0.717) is 25.6 Å². The van der Waals surface area contributed by atoms with Crippen LogP contribution in [0.1, 0.15) is 43.8 Å². The van der Waals surface area contributed by atoms with Crippen molar-refractivity contribution in [3.05, 3.63) is 36.3 Å². The number of nitrogens with one attached hydrogen (secondary N) is 2. The maximum atomic E-state index is 12.1. The fourth-order valence-corrected chi connectivity index (χ4v) is 3.81. The highest BCUT2D eigenvalue weighted by Crippen LogP contribution is 2.24. The molecule has 184 valence electrons. The molecule has 3 rings (SSSR count). The number of furan rings is 1. The zero-order chi connectivity index (χ0) is 22.8. The first-order valence-electron chi connectivity index (χ1n) is 11.4. The van der Waals surface area contributed by atoms with Gasteiger partial charge in [0.1, 0.15) is 24.5 Å². The van der Waals surface area contributed by atoms with Gasteiger partial charge >= 0.3 is 0 Å². The molecule has 10 nitrogen and oxygen atoms in total. The Balaban J connectivity index is 0.00000385. The number of amides is 1. The molecule has 0 aromatic carbocycles.